The Morgan fingerprint density at radius 3 is 3.00 bits per heavy atom. The molecule has 2 N–H and O–H groups in total. The first-order valence-electron chi connectivity index (χ1n) is 8.29. The highest BCUT2D eigenvalue weighted by Crippen LogP contribution is 2.46. The molecule has 1 amide bonds. The molecule has 0 spiro atoms. The van der Waals surface area contributed by atoms with Crippen LogP contribution in [0.25, 0.3) is 11.6 Å². The number of aromatic nitrogens is 5. The molecule has 0 saturated heterocycles. The molecule has 3 aromatic rings. The molecule has 0 bridgehead atoms. The summed E-state index contributed by atoms with van der Waals surface area (Å²) in [6, 6.07) is 10.4. The van der Waals surface area contributed by atoms with E-state index in [1.807, 2.05) is 6.07 Å². The van der Waals surface area contributed by atoms with Gasteiger partial charge >= 0.3 is 0 Å². The molecule has 0 aliphatic heterocycles. The van der Waals surface area contributed by atoms with Crippen LogP contribution in [0.1, 0.15) is 30.2 Å². The van der Waals surface area contributed by atoms with Crippen molar-refractivity contribution in [2.24, 2.45) is 5.92 Å². The number of hydrogen-bond acceptors (Lipinski definition) is 6. The third kappa shape index (κ3) is 3.73. The minimum Gasteiger partial charge on any atom is -0.356 e. The second kappa shape index (κ2) is 6.84. The summed E-state index contributed by atoms with van der Waals surface area (Å²) < 4.78 is 5.12. The Morgan fingerprint density at radius 2 is 2.20 bits per heavy atom. The molecular weight excluding hydrogens is 320 g/mol. The van der Waals surface area contributed by atoms with Crippen molar-refractivity contribution in [2.45, 2.75) is 25.2 Å². The Labute approximate surface area is 144 Å². The number of aryl methyl sites for hydroxylation is 1. The molecule has 4 rings (SSSR count). The first kappa shape index (κ1) is 15.5. The van der Waals surface area contributed by atoms with Crippen LogP contribution in [0, 0.1) is 5.92 Å². The van der Waals surface area contributed by atoms with E-state index in [9.17, 15) is 4.79 Å². The molecule has 1 aliphatic carbocycles. The van der Waals surface area contributed by atoms with Gasteiger partial charge in [-0.05, 0) is 23.8 Å². The molecule has 1 fully saturated rings. The summed E-state index contributed by atoms with van der Waals surface area (Å²) in [5, 5.41) is 13.2. The molecule has 8 nitrogen and oxygen atoms in total. The van der Waals surface area contributed by atoms with Crippen LogP contribution in [0.2, 0.25) is 0 Å². The molecule has 128 valence electrons. The predicted molar refractivity (Wildman–Crippen MR) is 88.3 cm³/mol. The smallest absolute Gasteiger partial charge is 0.239 e. The minimum atomic E-state index is -0.00173. The second-order valence-corrected chi connectivity index (χ2v) is 6.16. The van der Waals surface area contributed by atoms with Crippen LogP contribution in [0.5, 0.6) is 0 Å². The van der Waals surface area contributed by atoms with Gasteiger partial charge in [-0.3, -0.25) is 9.89 Å². The molecule has 2 heterocycles. The third-order valence-electron chi connectivity index (χ3n) is 4.37. The Hall–Kier alpha value is -3.03. The number of rotatable bonds is 7. The maximum atomic E-state index is 12.0. The Balaban J connectivity index is 1.20. The van der Waals surface area contributed by atoms with Crippen LogP contribution in [0.3, 0.4) is 0 Å². The highest BCUT2D eigenvalue weighted by molar-refractivity contribution is 5.76. The maximum absolute atomic E-state index is 12.0. The largest absolute Gasteiger partial charge is 0.356 e. The maximum Gasteiger partial charge on any atom is 0.239 e. The van der Waals surface area contributed by atoms with Gasteiger partial charge in [0.25, 0.3) is 0 Å². The van der Waals surface area contributed by atoms with Crippen LogP contribution in [0.15, 0.2) is 41.2 Å². The fraction of sp³-hybridized carbons (Fsp3) is 0.353. The Kier molecular flexibility index (Phi) is 4.24. The van der Waals surface area contributed by atoms with Crippen LogP contribution < -0.4 is 5.32 Å². The molecule has 1 saturated carbocycles. The van der Waals surface area contributed by atoms with Crippen molar-refractivity contribution >= 4 is 5.91 Å². The van der Waals surface area contributed by atoms with Crippen LogP contribution in [-0.2, 0) is 11.2 Å². The quantitative estimate of drug-likeness (QED) is 0.678. The lowest BCUT2D eigenvalue weighted by Crippen LogP contribution is -2.26. The van der Waals surface area contributed by atoms with Crippen molar-refractivity contribution in [1.82, 2.24) is 30.6 Å². The van der Waals surface area contributed by atoms with Crippen LogP contribution in [-0.4, -0.2) is 37.8 Å². The zero-order valence-electron chi connectivity index (χ0n) is 13.6. The number of aromatic amines is 1. The number of amides is 1. The van der Waals surface area contributed by atoms with Crippen molar-refractivity contribution in [3.63, 3.8) is 0 Å². The summed E-state index contributed by atoms with van der Waals surface area (Å²) in [5.74, 6) is 2.31. The van der Waals surface area contributed by atoms with Gasteiger partial charge in [0.15, 0.2) is 5.82 Å². The Morgan fingerprint density at radius 1 is 1.32 bits per heavy atom. The minimum absolute atomic E-state index is 0.00173. The first-order chi connectivity index (χ1) is 12.3. The van der Waals surface area contributed by atoms with Crippen LogP contribution >= 0.6 is 0 Å². The van der Waals surface area contributed by atoms with E-state index in [0.717, 1.165) is 6.42 Å². The molecular formula is C17H18N6O2. The van der Waals surface area contributed by atoms with Gasteiger partial charge in [0.1, 0.15) is 6.33 Å². The fourth-order valence-electron chi connectivity index (χ4n) is 2.90. The molecule has 25 heavy (non-hydrogen) atoms. The predicted octanol–water partition coefficient (Wildman–Crippen LogP) is 1.71. The van der Waals surface area contributed by atoms with Crippen molar-refractivity contribution in [2.75, 3.05) is 6.54 Å². The molecule has 2 atom stereocenters. The van der Waals surface area contributed by atoms with E-state index in [1.165, 1.54) is 11.9 Å². The summed E-state index contributed by atoms with van der Waals surface area (Å²) in [4.78, 5) is 20.1. The summed E-state index contributed by atoms with van der Waals surface area (Å²) in [7, 11) is 0. The second-order valence-electron chi connectivity index (χ2n) is 6.16. The van der Waals surface area contributed by atoms with Crippen molar-refractivity contribution in [3.05, 3.63) is 48.1 Å². The first-order valence-corrected chi connectivity index (χ1v) is 8.29. The zero-order chi connectivity index (χ0) is 17.1. The standard InChI is InChI=1S/C17H18N6O2/c24-14(18-9-12-8-13(12)11-4-2-1-3-5-11)6-7-15-21-17(23-25-15)16-19-10-20-22-16/h1-5,10,12-13H,6-9H2,(H,18,24)(H,19,20,22)/t12-,13-/m0/s1. The van der Waals surface area contributed by atoms with Crippen molar-refractivity contribution < 1.29 is 9.32 Å². The molecule has 8 heteroatoms. The van der Waals surface area contributed by atoms with E-state index >= 15 is 0 Å². The van der Waals surface area contributed by atoms with Gasteiger partial charge < -0.3 is 9.84 Å². The third-order valence-corrected chi connectivity index (χ3v) is 4.37. The van der Waals surface area contributed by atoms with E-state index in [0.29, 0.717) is 48.8 Å². The van der Waals surface area contributed by atoms with Gasteiger partial charge in [-0.2, -0.15) is 10.1 Å². The lowest BCUT2D eigenvalue weighted by Gasteiger charge is -2.04. The van der Waals surface area contributed by atoms with E-state index in [4.69, 9.17) is 4.52 Å². The van der Waals surface area contributed by atoms with Crippen LogP contribution in [0.4, 0.5) is 0 Å². The average Bonchev–Trinajstić information content (AvgIpc) is 3.02. The van der Waals surface area contributed by atoms with E-state index in [2.05, 4.69) is 54.9 Å². The topological polar surface area (TPSA) is 110 Å². The summed E-state index contributed by atoms with van der Waals surface area (Å²) in [5.41, 5.74) is 1.35. The average molecular weight is 338 g/mol. The lowest BCUT2D eigenvalue weighted by atomic mass is 10.1. The van der Waals surface area contributed by atoms with Gasteiger partial charge in [0.2, 0.25) is 17.6 Å². The SMILES string of the molecule is O=C(CCc1nc(-c2ncn[nH]2)no1)NC[C@@H]1C[C@H]1c1ccccc1. The fourth-order valence-corrected chi connectivity index (χ4v) is 2.90. The Bertz CT molecular complexity index is 830. The van der Waals surface area contributed by atoms with Crippen molar-refractivity contribution in [3.8, 4) is 11.6 Å². The zero-order valence-corrected chi connectivity index (χ0v) is 13.6. The van der Waals surface area contributed by atoms with Gasteiger partial charge in [-0.1, -0.05) is 35.5 Å². The molecule has 0 unspecified atom stereocenters. The molecule has 1 aromatic carbocycles. The number of carbonyl (C=O) groups excluding carboxylic acids is 1. The number of nitrogens with zero attached hydrogens (tertiary/aromatic N) is 4. The highest BCUT2D eigenvalue weighted by Gasteiger charge is 2.37. The van der Waals surface area contributed by atoms with Gasteiger partial charge in [-0.15, -0.1) is 0 Å². The number of carbonyl (C=O) groups is 1. The lowest BCUT2D eigenvalue weighted by molar-refractivity contribution is -0.121. The van der Waals surface area contributed by atoms with Crippen molar-refractivity contribution in [1.29, 1.82) is 0 Å². The molecule has 2 aromatic heterocycles. The monoisotopic (exact) mass is 338 g/mol. The number of H-pyrrole nitrogens is 1. The summed E-state index contributed by atoms with van der Waals surface area (Å²) in [6.45, 7) is 0.714. The van der Waals surface area contributed by atoms with Gasteiger partial charge in [0.05, 0.1) is 0 Å². The molecule has 1 aliphatic rings. The highest BCUT2D eigenvalue weighted by atomic mass is 16.5. The van der Waals surface area contributed by atoms with E-state index < -0.39 is 0 Å². The number of nitrogens with one attached hydrogen (secondary N) is 2. The number of benzene rings is 1. The normalized spacial score (nSPS) is 18.9. The van der Waals surface area contributed by atoms with Gasteiger partial charge in [-0.25, -0.2) is 4.98 Å². The number of hydrogen-bond donors (Lipinski definition) is 2. The van der Waals surface area contributed by atoms with E-state index in [-0.39, 0.29) is 5.91 Å². The molecule has 0 radical (unpaired) electrons. The summed E-state index contributed by atoms with van der Waals surface area (Å²) >= 11 is 0. The summed E-state index contributed by atoms with van der Waals surface area (Å²) in [6.07, 6.45) is 3.23. The van der Waals surface area contributed by atoms with E-state index in [1.54, 1.807) is 0 Å². The van der Waals surface area contributed by atoms with Gasteiger partial charge in [0, 0.05) is 19.4 Å².